The molecule has 0 aromatic heterocycles. The highest BCUT2D eigenvalue weighted by atomic mass is 16.2. The minimum absolute atomic E-state index is 0.0257. The summed E-state index contributed by atoms with van der Waals surface area (Å²) in [4.78, 5) is 23.2. The lowest BCUT2D eigenvalue weighted by molar-refractivity contribution is -0.140. The third kappa shape index (κ3) is 2.12. The Morgan fingerprint density at radius 3 is 2.29 bits per heavy atom. The number of carbonyl (C=O) groups is 2. The zero-order chi connectivity index (χ0) is 11.9. The van der Waals surface area contributed by atoms with E-state index >= 15 is 0 Å². The van der Waals surface area contributed by atoms with Gasteiger partial charge in [-0.05, 0) is 36.5 Å². The Kier molecular flexibility index (Phi) is 2.72. The quantitative estimate of drug-likeness (QED) is 0.655. The van der Waals surface area contributed by atoms with Crippen molar-refractivity contribution in [2.75, 3.05) is 0 Å². The summed E-state index contributed by atoms with van der Waals surface area (Å²) in [6.45, 7) is 0. The zero-order valence-corrected chi connectivity index (χ0v) is 10.3. The third-order valence-electron chi connectivity index (χ3n) is 5.16. The van der Waals surface area contributed by atoms with Gasteiger partial charge in [0.2, 0.25) is 11.8 Å². The molecule has 2 saturated carbocycles. The first-order chi connectivity index (χ1) is 8.17. The van der Waals surface area contributed by atoms with Crippen LogP contribution >= 0.6 is 0 Å². The van der Waals surface area contributed by atoms with Crippen LogP contribution in [0, 0.1) is 17.3 Å². The van der Waals surface area contributed by atoms with Gasteiger partial charge in [0, 0.05) is 12.8 Å². The number of piperidine rings is 1. The van der Waals surface area contributed by atoms with Crippen LogP contribution in [0.3, 0.4) is 0 Å². The van der Waals surface area contributed by atoms with Crippen LogP contribution in [0.1, 0.15) is 57.8 Å². The SMILES string of the molecule is O=C1CC2(CC[C@@H]3CCCC[C@@H]3C2)CC(=O)N1. The second kappa shape index (κ2) is 4.11. The van der Waals surface area contributed by atoms with Gasteiger partial charge in [-0.2, -0.15) is 0 Å². The first-order valence-electron chi connectivity index (χ1n) is 7.00. The van der Waals surface area contributed by atoms with E-state index in [2.05, 4.69) is 5.32 Å². The molecule has 2 aliphatic carbocycles. The van der Waals surface area contributed by atoms with Crippen molar-refractivity contribution in [2.45, 2.75) is 57.8 Å². The predicted octanol–water partition coefficient (Wildman–Crippen LogP) is 2.40. The maximum atomic E-state index is 11.6. The van der Waals surface area contributed by atoms with Crippen molar-refractivity contribution in [3.05, 3.63) is 0 Å². The molecule has 1 saturated heterocycles. The fourth-order valence-corrected chi connectivity index (χ4v) is 4.39. The van der Waals surface area contributed by atoms with Crippen molar-refractivity contribution < 1.29 is 9.59 Å². The van der Waals surface area contributed by atoms with Gasteiger partial charge < -0.3 is 0 Å². The van der Waals surface area contributed by atoms with Gasteiger partial charge in [0.15, 0.2) is 0 Å². The van der Waals surface area contributed by atoms with Crippen LogP contribution in [0.25, 0.3) is 0 Å². The van der Waals surface area contributed by atoms with E-state index in [1.165, 1.54) is 32.1 Å². The molecule has 2 atom stereocenters. The molecule has 0 aromatic rings. The summed E-state index contributed by atoms with van der Waals surface area (Å²) in [5.74, 6) is 1.58. The fourth-order valence-electron chi connectivity index (χ4n) is 4.39. The van der Waals surface area contributed by atoms with Crippen molar-refractivity contribution in [1.82, 2.24) is 5.32 Å². The topological polar surface area (TPSA) is 46.2 Å². The Morgan fingerprint density at radius 1 is 0.941 bits per heavy atom. The molecule has 1 aliphatic heterocycles. The summed E-state index contributed by atoms with van der Waals surface area (Å²) in [7, 11) is 0. The van der Waals surface area contributed by atoms with E-state index in [1.54, 1.807) is 0 Å². The van der Waals surface area contributed by atoms with Crippen molar-refractivity contribution in [3.8, 4) is 0 Å². The van der Waals surface area contributed by atoms with Crippen LogP contribution < -0.4 is 5.32 Å². The van der Waals surface area contributed by atoms with Crippen molar-refractivity contribution in [3.63, 3.8) is 0 Å². The smallest absolute Gasteiger partial charge is 0.227 e. The molecule has 0 unspecified atom stereocenters. The van der Waals surface area contributed by atoms with Crippen LogP contribution in [0.2, 0.25) is 0 Å². The maximum absolute atomic E-state index is 11.6. The highest BCUT2D eigenvalue weighted by molar-refractivity contribution is 5.98. The average molecular weight is 235 g/mol. The summed E-state index contributed by atoms with van der Waals surface area (Å²) >= 11 is 0. The molecule has 94 valence electrons. The Morgan fingerprint density at radius 2 is 1.59 bits per heavy atom. The summed E-state index contributed by atoms with van der Waals surface area (Å²) in [5, 5.41) is 2.45. The normalized spacial score (nSPS) is 36.5. The van der Waals surface area contributed by atoms with E-state index in [4.69, 9.17) is 0 Å². The zero-order valence-electron chi connectivity index (χ0n) is 10.3. The van der Waals surface area contributed by atoms with Crippen LogP contribution in [0.5, 0.6) is 0 Å². The van der Waals surface area contributed by atoms with E-state index in [0.717, 1.165) is 24.7 Å². The minimum Gasteiger partial charge on any atom is -0.296 e. The molecule has 3 nitrogen and oxygen atoms in total. The van der Waals surface area contributed by atoms with Crippen molar-refractivity contribution in [1.29, 1.82) is 0 Å². The molecule has 1 N–H and O–H groups in total. The first-order valence-corrected chi connectivity index (χ1v) is 7.00. The van der Waals surface area contributed by atoms with Crippen LogP contribution in [-0.4, -0.2) is 11.8 Å². The third-order valence-corrected chi connectivity index (χ3v) is 5.16. The van der Waals surface area contributed by atoms with E-state index in [0.29, 0.717) is 12.8 Å². The summed E-state index contributed by atoms with van der Waals surface area (Å²) in [6.07, 6.45) is 10.0. The largest absolute Gasteiger partial charge is 0.296 e. The molecular weight excluding hydrogens is 214 g/mol. The van der Waals surface area contributed by atoms with Gasteiger partial charge in [0.05, 0.1) is 0 Å². The standard InChI is InChI=1S/C14H21NO2/c16-12-8-14(9-13(17)15-12)6-5-10-3-1-2-4-11(10)7-14/h10-11H,1-9H2,(H,15,16,17)/t10-,11+/m0/s1. The minimum atomic E-state index is -0.0458. The number of nitrogens with one attached hydrogen (secondary N) is 1. The van der Waals surface area contributed by atoms with Crippen molar-refractivity contribution in [2.24, 2.45) is 17.3 Å². The number of hydrogen-bond acceptors (Lipinski definition) is 2. The molecule has 2 amide bonds. The second-order valence-electron chi connectivity index (χ2n) is 6.37. The molecule has 0 bridgehead atoms. The van der Waals surface area contributed by atoms with Gasteiger partial charge in [-0.3, -0.25) is 14.9 Å². The van der Waals surface area contributed by atoms with Crippen molar-refractivity contribution >= 4 is 11.8 Å². The Balaban J connectivity index is 1.75. The van der Waals surface area contributed by atoms with E-state index in [9.17, 15) is 9.59 Å². The second-order valence-corrected chi connectivity index (χ2v) is 6.37. The van der Waals surface area contributed by atoms with Crippen LogP contribution in [0.15, 0.2) is 0 Å². The highest BCUT2D eigenvalue weighted by Crippen LogP contribution is 2.52. The number of amides is 2. The van der Waals surface area contributed by atoms with E-state index in [1.807, 2.05) is 0 Å². The van der Waals surface area contributed by atoms with Crippen LogP contribution in [0.4, 0.5) is 0 Å². The monoisotopic (exact) mass is 235 g/mol. The summed E-state index contributed by atoms with van der Waals surface area (Å²) in [5.41, 5.74) is 0.0257. The summed E-state index contributed by atoms with van der Waals surface area (Å²) in [6, 6.07) is 0. The van der Waals surface area contributed by atoms with E-state index < -0.39 is 0 Å². The number of rotatable bonds is 0. The van der Waals surface area contributed by atoms with Gasteiger partial charge in [-0.15, -0.1) is 0 Å². The molecule has 1 spiro atoms. The molecule has 3 heteroatoms. The number of imide groups is 1. The van der Waals surface area contributed by atoms with Crippen LogP contribution in [-0.2, 0) is 9.59 Å². The lowest BCUT2D eigenvalue weighted by atomic mass is 9.58. The Bertz CT molecular complexity index is 334. The lowest BCUT2D eigenvalue weighted by Crippen LogP contribution is -2.48. The molecule has 3 aliphatic rings. The molecule has 1 heterocycles. The van der Waals surface area contributed by atoms with Gasteiger partial charge >= 0.3 is 0 Å². The van der Waals surface area contributed by atoms with Gasteiger partial charge in [0.1, 0.15) is 0 Å². The fraction of sp³-hybridized carbons (Fsp3) is 0.857. The Labute approximate surface area is 102 Å². The van der Waals surface area contributed by atoms with Gasteiger partial charge in [0.25, 0.3) is 0 Å². The van der Waals surface area contributed by atoms with Gasteiger partial charge in [-0.25, -0.2) is 0 Å². The maximum Gasteiger partial charge on any atom is 0.227 e. The number of fused-ring (bicyclic) bond motifs is 1. The molecule has 3 rings (SSSR count). The Hall–Kier alpha value is -0.860. The molecular formula is C14H21NO2. The highest BCUT2D eigenvalue weighted by Gasteiger charge is 2.46. The summed E-state index contributed by atoms with van der Waals surface area (Å²) < 4.78 is 0. The number of hydrogen-bond donors (Lipinski definition) is 1. The number of carbonyl (C=O) groups excluding carboxylic acids is 2. The lowest BCUT2D eigenvalue weighted by Gasteiger charge is -2.47. The molecule has 0 radical (unpaired) electrons. The van der Waals surface area contributed by atoms with E-state index in [-0.39, 0.29) is 17.2 Å². The van der Waals surface area contributed by atoms with Gasteiger partial charge in [-0.1, -0.05) is 25.7 Å². The first kappa shape index (κ1) is 11.2. The molecule has 17 heavy (non-hydrogen) atoms. The predicted molar refractivity (Wildman–Crippen MR) is 64.1 cm³/mol. The molecule has 0 aromatic carbocycles. The average Bonchev–Trinajstić information content (AvgIpc) is 2.27. The molecule has 3 fully saturated rings.